The molecule has 5 nitrogen and oxygen atoms in total. The van der Waals surface area contributed by atoms with Gasteiger partial charge in [0.1, 0.15) is 0 Å². The molecule has 0 spiro atoms. The maximum absolute atomic E-state index is 12.4. The third-order valence-electron chi connectivity index (χ3n) is 4.34. The summed E-state index contributed by atoms with van der Waals surface area (Å²) in [7, 11) is 0. The van der Waals surface area contributed by atoms with Gasteiger partial charge in [0.15, 0.2) is 0 Å². The van der Waals surface area contributed by atoms with E-state index in [1.165, 1.54) is 11.8 Å². The van der Waals surface area contributed by atoms with E-state index in [2.05, 4.69) is 10.2 Å². The Morgan fingerprint density at radius 3 is 2.33 bits per heavy atom. The van der Waals surface area contributed by atoms with Crippen molar-refractivity contribution in [3.8, 4) is 0 Å². The fourth-order valence-electron chi connectivity index (χ4n) is 2.87. The van der Waals surface area contributed by atoms with E-state index in [1.807, 2.05) is 59.5 Å². The summed E-state index contributed by atoms with van der Waals surface area (Å²) in [5.74, 6) is 0.446. The van der Waals surface area contributed by atoms with E-state index in [4.69, 9.17) is 11.6 Å². The van der Waals surface area contributed by atoms with E-state index in [0.29, 0.717) is 43.5 Å². The Morgan fingerprint density at radius 2 is 1.63 bits per heavy atom. The van der Waals surface area contributed by atoms with E-state index in [9.17, 15) is 9.59 Å². The lowest BCUT2D eigenvalue weighted by Crippen LogP contribution is -2.50. The number of halogens is 1. The summed E-state index contributed by atoms with van der Waals surface area (Å²) >= 11 is 7.59. The molecular formula is C20H22ClN3O2S. The van der Waals surface area contributed by atoms with Crippen LogP contribution < -0.4 is 5.32 Å². The van der Waals surface area contributed by atoms with Crippen LogP contribution in [-0.4, -0.2) is 60.1 Å². The molecule has 0 aliphatic carbocycles. The minimum atomic E-state index is -0.0322. The van der Waals surface area contributed by atoms with E-state index in [0.717, 1.165) is 10.6 Å². The zero-order valence-corrected chi connectivity index (χ0v) is 16.5. The van der Waals surface area contributed by atoms with Gasteiger partial charge in [-0.1, -0.05) is 41.9 Å². The van der Waals surface area contributed by atoms with Crippen LogP contribution in [0, 0.1) is 0 Å². The molecule has 2 aromatic rings. The van der Waals surface area contributed by atoms with Gasteiger partial charge in [0.05, 0.1) is 17.3 Å². The highest BCUT2D eigenvalue weighted by atomic mass is 35.5. The zero-order chi connectivity index (χ0) is 19.1. The Kier molecular flexibility index (Phi) is 7.15. The quantitative estimate of drug-likeness (QED) is 0.752. The van der Waals surface area contributed by atoms with Gasteiger partial charge in [-0.2, -0.15) is 0 Å². The smallest absolute Gasteiger partial charge is 0.238 e. The van der Waals surface area contributed by atoms with E-state index in [-0.39, 0.29) is 11.8 Å². The number of amides is 2. The number of piperazine rings is 1. The lowest BCUT2D eigenvalue weighted by atomic mass is 10.3. The summed E-state index contributed by atoms with van der Waals surface area (Å²) in [5.41, 5.74) is 0.799. The summed E-state index contributed by atoms with van der Waals surface area (Å²) in [4.78, 5) is 29.4. The van der Waals surface area contributed by atoms with Crippen molar-refractivity contribution in [2.24, 2.45) is 0 Å². The summed E-state index contributed by atoms with van der Waals surface area (Å²) in [6.45, 7) is 3.02. The van der Waals surface area contributed by atoms with Crippen LogP contribution in [0.15, 0.2) is 59.5 Å². The predicted molar refractivity (Wildman–Crippen MR) is 110 cm³/mol. The highest BCUT2D eigenvalue weighted by Gasteiger charge is 2.22. The summed E-state index contributed by atoms with van der Waals surface area (Å²) in [6, 6.07) is 17.0. The Hall–Kier alpha value is -2.02. The molecule has 0 radical (unpaired) electrons. The van der Waals surface area contributed by atoms with Crippen LogP contribution in [0.4, 0.5) is 5.69 Å². The Labute approximate surface area is 168 Å². The topological polar surface area (TPSA) is 52.7 Å². The number of hydrogen-bond donors (Lipinski definition) is 1. The summed E-state index contributed by atoms with van der Waals surface area (Å²) in [6.07, 6.45) is 0. The molecule has 0 atom stereocenters. The lowest BCUT2D eigenvalue weighted by molar-refractivity contribution is -0.130. The molecule has 1 N–H and O–H groups in total. The van der Waals surface area contributed by atoms with E-state index in [1.54, 1.807) is 0 Å². The van der Waals surface area contributed by atoms with Crippen molar-refractivity contribution in [1.29, 1.82) is 0 Å². The molecule has 0 unspecified atom stereocenters. The van der Waals surface area contributed by atoms with Crippen molar-refractivity contribution >= 4 is 40.9 Å². The molecule has 2 amide bonds. The summed E-state index contributed by atoms with van der Waals surface area (Å²) < 4.78 is 0. The van der Waals surface area contributed by atoms with Crippen molar-refractivity contribution in [3.05, 3.63) is 59.6 Å². The number of hydrogen-bond acceptors (Lipinski definition) is 4. The summed E-state index contributed by atoms with van der Waals surface area (Å²) in [5, 5.41) is 3.56. The van der Waals surface area contributed by atoms with Gasteiger partial charge < -0.3 is 10.2 Å². The van der Waals surface area contributed by atoms with Crippen LogP contribution in [0.1, 0.15) is 0 Å². The average Bonchev–Trinajstić information content (AvgIpc) is 2.68. The van der Waals surface area contributed by atoms with Gasteiger partial charge in [-0.05, 0) is 24.3 Å². The Balaban J connectivity index is 1.40. The van der Waals surface area contributed by atoms with Gasteiger partial charge in [0, 0.05) is 36.8 Å². The molecule has 0 bridgehead atoms. The fourth-order valence-corrected chi connectivity index (χ4v) is 4.01. The molecule has 0 saturated carbocycles. The standard InChI is InChI=1S/C20H22ClN3O2S/c21-17-8-4-5-9-18(17)27-15-20(26)24-12-10-23(11-13-24)14-19(25)22-16-6-2-1-3-7-16/h1-9H,10-15H2,(H,22,25). The molecular weight excluding hydrogens is 382 g/mol. The van der Waals surface area contributed by atoms with E-state index < -0.39 is 0 Å². The van der Waals surface area contributed by atoms with Crippen molar-refractivity contribution in [1.82, 2.24) is 9.80 Å². The molecule has 142 valence electrons. The maximum Gasteiger partial charge on any atom is 0.238 e. The number of anilines is 1. The van der Waals surface area contributed by atoms with Crippen molar-refractivity contribution < 1.29 is 9.59 Å². The van der Waals surface area contributed by atoms with Gasteiger partial charge in [-0.3, -0.25) is 14.5 Å². The first-order valence-electron chi connectivity index (χ1n) is 8.84. The number of benzene rings is 2. The lowest BCUT2D eigenvalue weighted by Gasteiger charge is -2.34. The number of nitrogens with zero attached hydrogens (tertiary/aromatic N) is 2. The van der Waals surface area contributed by atoms with Crippen LogP contribution >= 0.6 is 23.4 Å². The highest BCUT2D eigenvalue weighted by Crippen LogP contribution is 2.26. The monoisotopic (exact) mass is 403 g/mol. The number of para-hydroxylation sites is 1. The third-order valence-corrected chi connectivity index (χ3v) is 5.84. The number of thioether (sulfide) groups is 1. The van der Waals surface area contributed by atoms with Crippen molar-refractivity contribution in [2.45, 2.75) is 4.90 Å². The normalized spacial score (nSPS) is 14.8. The van der Waals surface area contributed by atoms with Gasteiger partial charge >= 0.3 is 0 Å². The number of nitrogens with one attached hydrogen (secondary N) is 1. The second kappa shape index (κ2) is 9.78. The number of rotatable bonds is 6. The molecule has 0 aromatic heterocycles. The van der Waals surface area contributed by atoms with Crippen LogP contribution in [0.3, 0.4) is 0 Å². The largest absolute Gasteiger partial charge is 0.339 e. The number of carbonyl (C=O) groups is 2. The molecule has 1 heterocycles. The SMILES string of the molecule is O=C(CN1CCN(C(=O)CSc2ccccc2Cl)CC1)Nc1ccccc1. The van der Waals surface area contributed by atoms with Crippen LogP contribution in [0.2, 0.25) is 5.02 Å². The average molecular weight is 404 g/mol. The predicted octanol–water partition coefficient (Wildman–Crippen LogP) is 3.22. The molecule has 2 aromatic carbocycles. The maximum atomic E-state index is 12.4. The van der Waals surface area contributed by atoms with Gasteiger partial charge in [0.2, 0.25) is 11.8 Å². The van der Waals surface area contributed by atoms with E-state index >= 15 is 0 Å². The molecule has 3 rings (SSSR count). The minimum absolute atomic E-state index is 0.0322. The van der Waals surface area contributed by atoms with Gasteiger partial charge in [0.25, 0.3) is 0 Å². The first-order chi connectivity index (χ1) is 13.1. The molecule has 27 heavy (non-hydrogen) atoms. The highest BCUT2D eigenvalue weighted by molar-refractivity contribution is 8.00. The molecule has 7 heteroatoms. The molecule has 1 aliphatic heterocycles. The molecule has 1 aliphatic rings. The second-order valence-electron chi connectivity index (χ2n) is 6.29. The first kappa shape index (κ1) is 19.7. The Bertz CT molecular complexity index is 780. The zero-order valence-electron chi connectivity index (χ0n) is 14.9. The number of carbonyl (C=O) groups excluding carboxylic acids is 2. The fraction of sp³-hybridized carbons (Fsp3) is 0.300. The Morgan fingerprint density at radius 1 is 0.963 bits per heavy atom. The van der Waals surface area contributed by atoms with Crippen molar-refractivity contribution in [2.75, 3.05) is 43.8 Å². The molecule has 1 fully saturated rings. The van der Waals surface area contributed by atoms with Gasteiger partial charge in [-0.15, -0.1) is 11.8 Å². The van der Waals surface area contributed by atoms with Crippen molar-refractivity contribution in [3.63, 3.8) is 0 Å². The minimum Gasteiger partial charge on any atom is -0.339 e. The van der Waals surface area contributed by atoms with Crippen LogP contribution in [0.5, 0.6) is 0 Å². The van der Waals surface area contributed by atoms with Crippen LogP contribution in [-0.2, 0) is 9.59 Å². The first-order valence-corrected chi connectivity index (χ1v) is 10.2. The molecule has 1 saturated heterocycles. The van der Waals surface area contributed by atoms with Crippen LogP contribution in [0.25, 0.3) is 0 Å². The van der Waals surface area contributed by atoms with Gasteiger partial charge in [-0.25, -0.2) is 0 Å². The second-order valence-corrected chi connectivity index (χ2v) is 7.71. The third kappa shape index (κ3) is 5.99.